The normalized spacial score (nSPS) is 26.1. The molecule has 0 bridgehead atoms. The van der Waals surface area contributed by atoms with Crippen molar-refractivity contribution in [2.45, 2.75) is 43.2 Å². The van der Waals surface area contributed by atoms with Crippen molar-refractivity contribution in [3.05, 3.63) is 77.9 Å². The van der Waals surface area contributed by atoms with E-state index in [1.165, 1.54) is 4.41 Å². The zero-order valence-electron chi connectivity index (χ0n) is 17.3. The Hall–Kier alpha value is -2.70. The average Bonchev–Trinajstić information content (AvgIpc) is 3.38. The van der Waals surface area contributed by atoms with Crippen molar-refractivity contribution in [2.24, 2.45) is 5.10 Å². The van der Waals surface area contributed by atoms with E-state index in [-0.39, 0.29) is 4.90 Å². The van der Waals surface area contributed by atoms with Crippen LogP contribution in [-0.2, 0) is 14.8 Å². The Kier molecular flexibility index (Phi) is 4.11. The van der Waals surface area contributed by atoms with Crippen molar-refractivity contribution in [3.8, 4) is 0 Å². The number of rotatable bonds is 4. The van der Waals surface area contributed by atoms with Gasteiger partial charge in [-0.15, -0.1) is 0 Å². The number of hydrazone groups is 1. The van der Waals surface area contributed by atoms with Gasteiger partial charge in [-0.2, -0.15) is 17.9 Å². The lowest BCUT2D eigenvalue weighted by Gasteiger charge is -2.36. The molecule has 0 radical (unpaired) electrons. The number of hydrogen-bond acceptors (Lipinski definition) is 4. The molecular formula is C24H24N2O3S. The topological polar surface area (TPSA) is 62.3 Å². The lowest BCUT2D eigenvalue weighted by molar-refractivity contribution is 0.118. The molecule has 5 rings (SSSR count). The molecule has 0 spiro atoms. The zero-order chi connectivity index (χ0) is 21.1. The molecule has 6 heteroatoms. The van der Waals surface area contributed by atoms with Gasteiger partial charge in [-0.05, 0) is 55.3 Å². The molecule has 0 amide bonds. The maximum atomic E-state index is 13.6. The summed E-state index contributed by atoms with van der Waals surface area (Å²) >= 11 is 0. The number of fused-ring (bicyclic) bond motifs is 1. The number of sulfonamides is 1. The SMILES string of the molecule is Cc1ccc(S(=O)(=O)N2N=C(c3ccc4ccccc4c3)C[C@]2(C)[C@]2(C)CO2)cc1. The summed E-state index contributed by atoms with van der Waals surface area (Å²) in [5.41, 5.74) is 1.35. The highest BCUT2D eigenvalue weighted by molar-refractivity contribution is 7.89. The summed E-state index contributed by atoms with van der Waals surface area (Å²) in [6.07, 6.45) is 0.493. The van der Waals surface area contributed by atoms with Gasteiger partial charge in [0.25, 0.3) is 10.0 Å². The molecule has 2 atom stereocenters. The minimum absolute atomic E-state index is 0.243. The average molecular weight is 421 g/mol. The first kappa shape index (κ1) is 19.3. The van der Waals surface area contributed by atoms with E-state index >= 15 is 0 Å². The fourth-order valence-electron chi connectivity index (χ4n) is 4.12. The molecule has 2 heterocycles. The molecule has 2 aliphatic heterocycles. The van der Waals surface area contributed by atoms with Crippen LogP contribution in [0.5, 0.6) is 0 Å². The third kappa shape index (κ3) is 2.86. The fraction of sp³-hybridized carbons (Fsp3) is 0.292. The Labute approximate surface area is 177 Å². The molecule has 0 aromatic heterocycles. The molecule has 0 aliphatic carbocycles. The Bertz CT molecular complexity index is 1280. The van der Waals surface area contributed by atoms with E-state index in [2.05, 4.69) is 29.4 Å². The number of ether oxygens (including phenoxy) is 1. The van der Waals surface area contributed by atoms with Crippen molar-refractivity contribution >= 4 is 26.5 Å². The van der Waals surface area contributed by atoms with E-state index in [1.54, 1.807) is 12.1 Å². The summed E-state index contributed by atoms with van der Waals surface area (Å²) in [7, 11) is -3.82. The second-order valence-corrected chi connectivity index (χ2v) is 10.4. The van der Waals surface area contributed by atoms with E-state index in [0.717, 1.165) is 27.6 Å². The minimum atomic E-state index is -3.82. The van der Waals surface area contributed by atoms with Crippen LogP contribution >= 0.6 is 0 Å². The van der Waals surface area contributed by atoms with Gasteiger partial charge in [0.2, 0.25) is 0 Å². The van der Waals surface area contributed by atoms with Crippen LogP contribution in [-0.4, -0.2) is 36.3 Å². The van der Waals surface area contributed by atoms with Crippen LogP contribution in [0.3, 0.4) is 0 Å². The molecule has 1 saturated heterocycles. The molecule has 3 aromatic carbocycles. The first-order chi connectivity index (χ1) is 14.2. The van der Waals surface area contributed by atoms with Gasteiger partial charge < -0.3 is 4.74 Å². The van der Waals surface area contributed by atoms with Gasteiger partial charge in [-0.3, -0.25) is 0 Å². The number of aryl methyl sites for hydroxylation is 1. The van der Waals surface area contributed by atoms with Crippen LogP contribution in [0.15, 0.2) is 76.7 Å². The lowest BCUT2D eigenvalue weighted by atomic mass is 9.83. The molecule has 5 nitrogen and oxygen atoms in total. The van der Waals surface area contributed by atoms with Gasteiger partial charge in [0.1, 0.15) is 11.1 Å². The summed E-state index contributed by atoms with van der Waals surface area (Å²) in [6.45, 7) is 6.35. The highest BCUT2D eigenvalue weighted by atomic mass is 32.2. The maximum Gasteiger partial charge on any atom is 0.279 e. The van der Waals surface area contributed by atoms with Gasteiger partial charge in [0, 0.05) is 6.42 Å². The molecule has 0 N–H and O–H groups in total. The van der Waals surface area contributed by atoms with Crippen LogP contribution in [0.2, 0.25) is 0 Å². The predicted molar refractivity (Wildman–Crippen MR) is 118 cm³/mol. The van der Waals surface area contributed by atoms with Crippen LogP contribution in [0.4, 0.5) is 0 Å². The predicted octanol–water partition coefficient (Wildman–Crippen LogP) is 4.49. The lowest BCUT2D eigenvalue weighted by Crippen LogP contribution is -2.53. The standard InChI is InChI=1S/C24H24N2O3S/c1-17-8-12-21(13-9-17)30(27,28)26-23(2,24(3)16-29-24)15-22(25-26)20-11-10-18-6-4-5-7-19(18)14-20/h4-14H,15-16H2,1-3H3/t23-,24+/m1/s1. The molecule has 0 saturated carbocycles. The number of nitrogens with zero attached hydrogens (tertiary/aromatic N) is 2. The highest BCUT2D eigenvalue weighted by Gasteiger charge is 2.63. The van der Waals surface area contributed by atoms with Gasteiger partial charge in [-0.1, -0.05) is 54.1 Å². The molecule has 2 aliphatic rings. The van der Waals surface area contributed by atoms with Crippen LogP contribution in [0.25, 0.3) is 10.8 Å². The summed E-state index contributed by atoms with van der Waals surface area (Å²) in [5, 5.41) is 6.92. The molecule has 0 unspecified atom stereocenters. The Morgan fingerprint density at radius 3 is 2.30 bits per heavy atom. The molecule has 1 fully saturated rings. The van der Waals surface area contributed by atoms with Gasteiger partial charge in [0.15, 0.2) is 0 Å². The van der Waals surface area contributed by atoms with E-state index < -0.39 is 21.2 Å². The number of hydrogen-bond donors (Lipinski definition) is 0. The first-order valence-corrected chi connectivity index (χ1v) is 11.5. The third-order valence-electron chi connectivity index (χ3n) is 6.49. The molecule has 154 valence electrons. The van der Waals surface area contributed by atoms with Crippen LogP contribution in [0, 0.1) is 6.92 Å². The Balaban J connectivity index is 1.62. The van der Waals surface area contributed by atoms with E-state index in [1.807, 2.05) is 51.1 Å². The molecule has 3 aromatic rings. The van der Waals surface area contributed by atoms with E-state index in [9.17, 15) is 8.42 Å². The van der Waals surface area contributed by atoms with E-state index in [4.69, 9.17) is 4.74 Å². The van der Waals surface area contributed by atoms with Crippen LogP contribution in [0.1, 0.15) is 31.4 Å². The van der Waals surface area contributed by atoms with Crippen molar-refractivity contribution < 1.29 is 13.2 Å². The second-order valence-electron chi connectivity index (χ2n) is 8.64. The maximum absolute atomic E-state index is 13.6. The van der Waals surface area contributed by atoms with Gasteiger partial charge >= 0.3 is 0 Å². The van der Waals surface area contributed by atoms with Crippen LogP contribution < -0.4 is 0 Å². The number of epoxide rings is 1. The molecule has 30 heavy (non-hydrogen) atoms. The quantitative estimate of drug-likeness (QED) is 0.584. The number of benzene rings is 3. The summed E-state index contributed by atoms with van der Waals surface area (Å²) in [4.78, 5) is 0.243. The Morgan fingerprint density at radius 1 is 0.967 bits per heavy atom. The highest BCUT2D eigenvalue weighted by Crippen LogP contribution is 2.49. The summed E-state index contributed by atoms with van der Waals surface area (Å²) < 4.78 is 34.2. The van der Waals surface area contributed by atoms with Crippen molar-refractivity contribution in [1.29, 1.82) is 0 Å². The van der Waals surface area contributed by atoms with Gasteiger partial charge in [0.05, 0.1) is 17.2 Å². The molecular weight excluding hydrogens is 396 g/mol. The summed E-state index contributed by atoms with van der Waals surface area (Å²) in [5.74, 6) is 0. The smallest absolute Gasteiger partial charge is 0.279 e. The largest absolute Gasteiger partial charge is 0.367 e. The fourth-order valence-corrected chi connectivity index (χ4v) is 5.79. The third-order valence-corrected chi connectivity index (χ3v) is 8.30. The second kappa shape index (κ2) is 6.40. The zero-order valence-corrected chi connectivity index (χ0v) is 18.1. The van der Waals surface area contributed by atoms with Crippen molar-refractivity contribution in [1.82, 2.24) is 4.41 Å². The van der Waals surface area contributed by atoms with Crippen molar-refractivity contribution in [2.75, 3.05) is 6.61 Å². The Morgan fingerprint density at radius 2 is 1.63 bits per heavy atom. The monoisotopic (exact) mass is 420 g/mol. The van der Waals surface area contributed by atoms with Gasteiger partial charge in [-0.25, -0.2) is 0 Å². The minimum Gasteiger partial charge on any atom is -0.367 e. The van der Waals surface area contributed by atoms with Crippen molar-refractivity contribution in [3.63, 3.8) is 0 Å². The first-order valence-electron chi connectivity index (χ1n) is 10.1. The van der Waals surface area contributed by atoms with E-state index in [0.29, 0.717) is 13.0 Å². The summed E-state index contributed by atoms with van der Waals surface area (Å²) in [6, 6.07) is 21.2.